The fraction of sp³-hybridized carbons (Fsp3) is 0.667. The molecule has 0 amide bonds. The Labute approximate surface area is 58.0 Å². The van der Waals surface area contributed by atoms with Crippen molar-refractivity contribution in [3.63, 3.8) is 0 Å². The van der Waals surface area contributed by atoms with Crippen molar-refractivity contribution in [3.05, 3.63) is 0 Å². The molecule has 0 aromatic heterocycles. The molecule has 0 aromatic carbocycles. The normalized spacial score (nSPS) is 14.3. The lowest BCUT2D eigenvalue weighted by atomic mass is 10.4. The Bertz CT molecular complexity index is 137. The van der Waals surface area contributed by atoms with Crippen molar-refractivity contribution in [2.24, 2.45) is 5.73 Å². The van der Waals surface area contributed by atoms with E-state index in [9.17, 15) is 9.36 Å². The molecule has 0 aromatic rings. The summed E-state index contributed by atoms with van der Waals surface area (Å²) < 4.78 is 14.0. The maximum absolute atomic E-state index is 10.3. The zero-order valence-electron chi connectivity index (χ0n) is 4.70. The molecule has 2 N–H and O–H groups in total. The van der Waals surface area contributed by atoms with Gasteiger partial charge in [-0.3, -0.25) is 0 Å². The minimum atomic E-state index is -2.38. The molecular formula is C3H6ClNO3P+. The first-order chi connectivity index (χ1) is 4.04. The van der Waals surface area contributed by atoms with E-state index in [1.54, 1.807) is 0 Å². The molecule has 0 aliphatic rings. The van der Waals surface area contributed by atoms with Gasteiger partial charge >= 0.3 is 13.3 Å². The highest BCUT2D eigenvalue weighted by atomic mass is 35.7. The van der Waals surface area contributed by atoms with Crippen LogP contribution >= 0.6 is 18.6 Å². The average Bonchev–Trinajstić information content (AvgIpc) is 1.63. The summed E-state index contributed by atoms with van der Waals surface area (Å²) in [6.07, 6.45) is 0. The minimum Gasteiger partial charge on any atom is -0.319 e. The van der Waals surface area contributed by atoms with Crippen molar-refractivity contribution in [1.82, 2.24) is 0 Å². The van der Waals surface area contributed by atoms with E-state index in [1.807, 2.05) is 0 Å². The highest BCUT2D eigenvalue weighted by Crippen LogP contribution is 2.27. The lowest BCUT2D eigenvalue weighted by Crippen LogP contribution is -2.26. The van der Waals surface area contributed by atoms with Crippen LogP contribution in [0.15, 0.2) is 0 Å². The van der Waals surface area contributed by atoms with Crippen LogP contribution in [0.2, 0.25) is 0 Å². The molecular weight excluding hydrogens is 164 g/mol. The topological polar surface area (TPSA) is 69.4 Å². The van der Waals surface area contributed by atoms with E-state index in [4.69, 9.17) is 17.0 Å². The van der Waals surface area contributed by atoms with Crippen LogP contribution in [0.4, 0.5) is 0 Å². The number of rotatable bonds is 2. The van der Waals surface area contributed by atoms with Crippen molar-refractivity contribution >= 4 is 24.6 Å². The summed E-state index contributed by atoms with van der Waals surface area (Å²) in [5, 5.41) is 0. The predicted molar refractivity (Wildman–Crippen MR) is 33.2 cm³/mol. The van der Waals surface area contributed by atoms with Crippen molar-refractivity contribution in [3.8, 4) is 0 Å². The van der Waals surface area contributed by atoms with E-state index in [1.165, 1.54) is 6.92 Å². The third-order valence-electron chi connectivity index (χ3n) is 0.534. The molecule has 0 radical (unpaired) electrons. The third kappa shape index (κ3) is 4.33. The summed E-state index contributed by atoms with van der Waals surface area (Å²) >= 11 is 4.83. The van der Waals surface area contributed by atoms with Crippen LogP contribution in [-0.2, 0) is 13.9 Å². The van der Waals surface area contributed by atoms with E-state index in [0.717, 1.165) is 0 Å². The van der Waals surface area contributed by atoms with Gasteiger partial charge in [-0.2, -0.15) is 4.52 Å². The summed E-state index contributed by atoms with van der Waals surface area (Å²) in [7, 11) is -2.38. The van der Waals surface area contributed by atoms with Crippen molar-refractivity contribution in [2.75, 3.05) is 0 Å². The Morgan fingerprint density at radius 2 is 2.33 bits per heavy atom. The smallest absolute Gasteiger partial charge is 0.319 e. The van der Waals surface area contributed by atoms with E-state index in [2.05, 4.69) is 4.52 Å². The van der Waals surface area contributed by atoms with Crippen LogP contribution in [-0.4, -0.2) is 12.0 Å². The largest absolute Gasteiger partial charge is 0.686 e. The molecule has 6 heteroatoms. The highest BCUT2D eigenvalue weighted by Gasteiger charge is 2.22. The molecule has 0 aliphatic carbocycles. The summed E-state index contributed by atoms with van der Waals surface area (Å²) in [6.45, 7) is 1.41. The van der Waals surface area contributed by atoms with Crippen molar-refractivity contribution < 1.29 is 13.9 Å². The first-order valence-electron chi connectivity index (χ1n) is 2.14. The SMILES string of the molecule is CC(N)C(=O)O[P+](=O)Cl. The third-order valence-corrected chi connectivity index (χ3v) is 1.06. The molecule has 2 atom stereocenters. The van der Waals surface area contributed by atoms with Crippen molar-refractivity contribution in [2.45, 2.75) is 13.0 Å². The number of halogens is 1. The molecule has 0 fully saturated rings. The first-order valence-corrected chi connectivity index (χ1v) is 4.22. The van der Waals surface area contributed by atoms with Crippen LogP contribution < -0.4 is 5.73 Å². The molecule has 0 spiro atoms. The summed E-state index contributed by atoms with van der Waals surface area (Å²) in [6, 6.07) is -0.775. The lowest BCUT2D eigenvalue weighted by molar-refractivity contribution is -0.134. The van der Waals surface area contributed by atoms with Crippen molar-refractivity contribution in [1.29, 1.82) is 0 Å². The van der Waals surface area contributed by atoms with Gasteiger partial charge in [0.2, 0.25) is 0 Å². The summed E-state index contributed by atoms with van der Waals surface area (Å²) in [5.74, 6) is -0.758. The Kier molecular flexibility index (Phi) is 3.70. The van der Waals surface area contributed by atoms with Gasteiger partial charge in [-0.25, -0.2) is 4.79 Å². The second-order valence-electron chi connectivity index (χ2n) is 1.41. The van der Waals surface area contributed by atoms with E-state index < -0.39 is 19.4 Å². The van der Waals surface area contributed by atoms with E-state index in [0.29, 0.717) is 0 Å². The zero-order chi connectivity index (χ0) is 7.44. The van der Waals surface area contributed by atoms with Gasteiger partial charge in [0.1, 0.15) is 6.04 Å². The number of hydrogen-bond acceptors (Lipinski definition) is 4. The van der Waals surface area contributed by atoms with Gasteiger partial charge in [0.25, 0.3) is 11.2 Å². The van der Waals surface area contributed by atoms with Gasteiger partial charge in [0, 0.05) is 4.57 Å². The van der Waals surface area contributed by atoms with Gasteiger partial charge < -0.3 is 5.73 Å². The second-order valence-corrected chi connectivity index (χ2v) is 2.85. The second kappa shape index (κ2) is 3.77. The van der Waals surface area contributed by atoms with E-state index in [-0.39, 0.29) is 0 Å². The van der Waals surface area contributed by atoms with Crippen LogP contribution in [0.1, 0.15) is 6.92 Å². The molecule has 0 saturated heterocycles. The minimum absolute atomic E-state index is 0.758. The fourth-order valence-corrected chi connectivity index (χ4v) is 0.666. The Morgan fingerprint density at radius 3 is 2.44 bits per heavy atom. The number of carbonyl (C=O) groups excluding carboxylic acids is 1. The molecule has 0 heterocycles. The Morgan fingerprint density at radius 1 is 1.89 bits per heavy atom. The number of carbonyl (C=O) groups is 1. The molecule has 0 aliphatic heterocycles. The van der Waals surface area contributed by atoms with Crippen LogP contribution in [0.25, 0.3) is 0 Å². The molecule has 2 unspecified atom stereocenters. The molecule has 4 nitrogen and oxygen atoms in total. The molecule has 52 valence electrons. The maximum Gasteiger partial charge on any atom is 0.686 e. The van der Waals surface area contributed by atoms with Gasteiger partial charge in [-0.15, -0.1) is 0 Å². The van der Waals surface area contributed by atoms with Crippen LogP contribution in [0.5, 0.6) is 0 Å². The first kappa shape index (κ1) is 8.82. The van der Waals surface area contributed by atoms with Gasteiger partial charge in [0.15, 0.2) is 0 Å². The summed E-state index contributed by atoms with van der Waals surface area (Å²) in [4.78, 5) is 10.3. The predicted octanol–water partition coefficient (Wildman–Crippen LogP) is 0.773. The van der Waals surface area contributed by atoms with Crippen LogP contribution in [0, 0.1) is 0 Å². The molecule has 0 saturated carbocycles. The maximum atomic E-state index is 10.3. The van der Waals surface area contributed by atoms with Gasteiger partial charge in [-0.05, 0) is 6.92 Å². The molecule has 0 bridgehead atoms. The zero-order valence-corrected chi connectivity index (χ0v) is 6.35. The monoisotopic (exact) mass is 170 g/mol. The standard InChI is InChI=1S/C3H6ClNO3P/c1-2(5)3(6)8-9(4)7/h2H,5H2,1H3/q+1. The lowest BCUT2D eigenvalue weighted by Gasteiger charge is -1.92. The van der Waals surface area contributed by atoms with E-state index >= 15 is 0 Å². The summed E-state index contributed by atoms with van der Waals surface area (Å²) in [5.41, 5.74) is 5.02. The highest BCUT2D eigenvalue weighted by molar-refractivity contribution is 7.70. The average molecular weight is 171 g/mol. The van der Waals surface area contributed by atoms with Crippen LogP contribution in [0.3, 0.4) is 0 Å². The molecule has 0 rings (SSSR count). The number of hydrogen-bond donors (Lipinski definition) is 1. The van der Waals surface area contributed by atoms with Gasteiger partial charge in [0.05, 0.1) is 0 Å². The quantitative estimate of drug-likeness (QED) is 0.622. The number of nitrogens with two attached hydrogens (primary N) is 1. The van der Waals surface area contributed by atoms with Gasteiger partial charge in [-0.1, -0.05) is 0 Å². The Balaban J connectivity index is 3.64. The molecule has 9 heavy (non-hydrogen) atoms. The fourth-order valence-electron chi connectivity index (χ4n) is 0.154. The Hall–Kier alpha value is -0.180.